The molecule has 0 aliphatic heterocycles. The maximum absolute atomic E-state index is 5.09. The van der Waals surface area contributed by atoms with Crippen molar-refractivity contribution >= 4 is 54.3 Å². The number of hydrogen-bond acceptors (Lipinski definition) is 3. The summed E-state index contributed by atoms with van der Waals surface area (Å²) in [5, 5.41) is 8.62. The molecular weight excluding hydrogens is 671 g/mol. The van der Waals surface area contributed by atoms with E-state index in [0.29, 0.717) is 17.5 Å². The zero-order valence-corrected chi connectivity index (χ0v) is 30.1. The van der Waals surface area contributed by atoms with E-state index in [0.717, 1.165) is 44.7 Å². The molecule has 0 spiro atoms. The zero-order chi connectivity index (χ0) is 36.5. The number of fused-ring (bicyclic) bond motifs is 9. The lowest BCUT2D eigenvalue weighted by atomic mass is 9.98. The first-order valence-electron chi connectivity index (χ1n) is 18.6. The van der Waals surface area contributed by atoms with Crippen molar-refractivity contribution in [1.29, 1.82) is 0 Å². The molecule has 0 saturated heterocycles. The Morgan fingerprint density at radius 3 is 1.67 bits per heavy atom. The fourth-order valence-electron chi connectivity index (χ4n) is 8.36. The molecule has 0 fully saturated rings. The summed E-state index contributed by atoms with van der Waals surface area (Å²) in [5.41, 5.74) is 9.67. The van der Waals surface area contributed by atoms with E-state index in [1.54, 1.807) is 0 Å². The van der Waals surface area contributed by atoms with Crippen molar-refractivity contribution in [3.05, 3.63) is 188 Å². The second-order valence-electron chi connectivity index (χ2n) is 14.2. The smallest absolute Gasteiger partial charge is 0.164 e. The molecule has 0 bridgehead atoms. The predicted octanol–water partition coefficient (Wildman–Crippen LogP) is 12.5. The van der Waals surface area contributed by atoms with Gasteiger partial charge in [-0.3, -0.25) is 0 Å². The third-order valence-electron chi connectivity index (χ3n) is 10.8. The molecule has 0 unspecified atom stereocenters. The summed E-state index contributed by atoms with van der Waals surface area (Å²) < 4.78 is 4.74. The van der Waals surface area contributed by atoms with Gasteiger partial charge in [-0.25, -0.2) is 15.0 Å². The highest BCUT2D eigenvalue weighted by molar-refractivity contribution is 6.30. The van der Waals surface area contributed by atoms with Crippen LogP contribution in [0.5, 0.6) is 0 Å². The van der Waals surface area contributed by atoms with Gasteiger partial charge >= 0.3 is 0 Å². The first-order chi connectivity index (χ1) is 27.2. The normalized spacial score (nSPS) is 11.7. The second-order valence-corrected chi connectivity index (χ2v) is 14.2. The Kier molecular flexibility index (Phi) is 7.01. The molecule has 3 heterocycles. The van der Waals surface area contributed by atoms with Gasteiger partial charge in [0.2, 0.25) is 0 Å². The summed E-state index contributed by atoms with van der Waals surface area (Å²) in [6.07, 6.45) is 2.18. The molecule has 55 heavy (non-hydrogen) atoms. The lowest BCUT2D eigenvalue weighted by Gasteiger charge is -2.13. The van der Waals surface area contributed by atoms with Crippen molar-refractivity contribution < 1.29 is 0 Å². The van der Waals surface area contributed by atoms with Crippen LogP contribution in [0.2, 0.25) is 0 Å². The van der Waals surface area contributed by atoms with E-state index in [4.69, 9.17) is 15.0 Å². The summed E-state index contributed by atoms with van der Waals surface area (Å²) >= 11 is 0. The number of para-hydroxylation sites is 1. The van der Waals surface area contributed by atoms with Gasteiger partial charge in [0, 0.05) is 55.8 Å². The van der Waals surface area contributed by atoms with Crippen molar-refractivity contribution in [1.82, 2.24) is 24.1 Å². The summed E-state index contributed by atoms with van der Waals surface area (Å²) in [7, 11) is 0. The Morgan fingerprint density at radius 2 is 0.964 bits per heavy atom. The molecule has 0 amide bonds. The molecule has 0 aliphatic rings. The fourth-order valence-corrected chi connectivity index (χ4v) is 8.36. The Morgan fingerprint density at radius 1 is 0.400 bits per heavy atom. The Hall–Kier alpha value is -7.37. The maximum Gasteiger partial charge on any atom is 0.164 e. The standard InChI is InChI=1S/C50H33N5/c1-32-29-37(50-52-48(35-14-5-2-6-15-35)51-49(53-50)36-16-7-3-8-17-36)31-39(30-32)55-43-25-22-33-13-11-12-20-40(33)45(43)46-41-23-21-34-27-28-54(38-18-9-4-10-19-38)47(34)42(41)24-26-44(46)55/h2-31H,1H3. The monoisotopic (exact) mass is 703 g/mol. The van der Waals surface area contributed by atoms with Gasteiger partial charge in [-0.05, 0) is 77.2 Å². The first-order valence-corrected chi connectivity index (χ1v) is 18.6. The molecule has 3 aromatic heterocycles. The highest BCUT2D eigenvalue weighted by Gasteiger charge is 2.20. The quantitative estimate of drug-likeness (QED) is 0.179. The lowest BCUT2D eigenvalue weighted by molar-refractivity contribution is 1.07. The molecule has 0 saturated carbocycles. The van der Waals surface area contributed by atoms with Crippen molar-refractivity contribution in [3.8, 4) is 45.5 Å². The third kappa shape index (κ3) is 5.05. The lowest BCUT2D eigenvalue weighted by Crippen LogP contribution is -2.01. The van der Waals surface area contributed by atoms with E-state index in [2.05, 4.69) is 138 Å². The van der Waals surface area contributed by atoms with E-state index in [1.807, 2.05) is 60.7 Å². The first kappa shape index (κ1) is 31.2. The highest BCUT2D eigenvalue weighted by atomic mass is 15.0. The molecule has 0 N–H and O–H groups in total. The highest BCUT2D eigenvalue weighted by Crippen LogP contribution is 2.43. The van der Waals surface area contributed by atoms with Crippen molar-refractivity contribution in [2.45, 2.75) is 6.92 Å². The van der Waals surface area contributed by atoms with E-state index in [1.165, 1.54) is 43.2 Å². The number of nitrogens with zero attached hydrogens (tertiary/aromatic N) is 5. The summed E-state index contributed by atoms with van der Waals surface area (Å²) in [4.78, 5) is 15.1. The van der Waals surface area contributed by atoms with E-state index in [-0.39, 0.29) is 0 Å². The summed E-state index contributed by atoms with van der Waals surface area (Å²) in [6, 6.07) is 62.2. The van der Waals surface area contributed by atoms with Crippen molar-refractivity contribution in [2.24, 2.45) is 0 Å². The van der Waals surface area contributed by atoms with Crippen molar-refractivity contribution in [3.63, 3.8) is 0 Å². The Labute approximate surface area is 317 Å². The molecule has 11 aromatic rings. The zero-order valence-electron chi connectivity index (χ0n) is 30.1. The molecule has 0 radical (unpaired) electrons. The van der Waals surface area contributed by atoms with Crippen LogP contribution in [0.1, 0.15) is 5.56 Å². The van der Waals surface area contributed by atoms with Gasteiger partial charge < -0.3 is 9.13 Å². The predicted molar refractivity (Wildman–Crippen MR) is 227 cm³/mol. The SMILES string of the molecule is Cc1cc(-c2nc(-c3ccccc3)nc(-c3ccccc3)n2)cc(-n2c3ccc4ccccc4c3c3c4ccc5ccn(-c6ccccc6)c5c4ccc32)c1. The minimum Gasteiger partial charge on any atom is -0.316 e. The van der Waals surface area contributed by atoms with Crippen LogP contribution in [0.3, 0.4) is 0 Å². The molecule has 8 aromatic carbocycles. The van der Waals surface area contributed by atoms with Gasteiger partial charge in [0.05, 0.1) is 16.6 Å². The maximum atomic E-state index is 5.09. The van der Waals surface area contributed by atoms with Gasteiger partial charge in [0.25, 0.3) is 0 Å². The minimum atomic E-state index is 0.637. The van der Waals surface area contributed by atoms with Gasteiger partial charge in [0.1, 0.15) is 0 Å². The number of benzene rings is 8. The summed E-state index contributed by atoms with van der Waals surface area (Å²) in [5.74, 6) is 1.93. The molecule has 5 heteroatoms. The van der Waals surface area contributed by atoms with Gasteiger partial charge in [-0.15, -0.1) is 0 Å². The van der Waals surface area contributed by atoms with Crippen molar-refractivity contribution in [2.75, 3.05) is 0 Å². The van der Waals surface area contributed by atoms with Crippen LogP contribution >= 0.6 is 0 Å². The largest absolute Gasteiger partial charge is 0.316 e. The minimum absolute atomic E-state index is 0.637. The molecule has 0 atom stereocenters. The van der Waals surface area contributed by atoms with Gasteiger partial charge in [-0.1, -0.05) is 127 Å². The van der Waals surface area contributed by atoms with Crippen LogP contribution < -0.4 is 0 Å². The van der Waals surface area contributed by atoms with Gasteiger partial charge in [0.15, 0.2) is 17.5 Å². The second kappa shape index (κ2) is 12.4. The van der Waals surface area contributed by atoms with Gasteiger partial charge in [-0.2, -0.15) is 0 Å². The molecular formula is C50H33N5. The molecule has 5 nitrogen and oxygen atoms in total. The Bertz CT molecular complexity index is 3190. The van der Waals surface area contributed by atoms with E-state index in [9.17, 15) is 0 Å². The average Bonchev–Trinajstić information content (AvgIpc) is 3.84. The molecule has 11 rings (SSSR count). The fraction of sp³-hybridized carbons (Fsp3) is 0.0200. The number of hydrogen-bond donors (Lipinski definition) is 0. The summed E-state index contributed by atoms with van der Waals surface area (Å²) in [6.45, 7) is 2.15. The van der Waals surface area contributed by atoms with E-state index < -0.39 is 0 Å². The molecule has 0 aliphatic carbocycles. The third-order valence-corrected chi connectivity index (χ3v) is 10.8. The molecule has 258 valence electrons. The van der Waals surface area contributed by atoms with Crippen LogP contribution in [-0.4, -0.2) is 24.1 Å². The number of aryl methyl sites for hydroxylation is 1. The van der Waals surface area contributed by atoms with Crippen LogP contribution in [0.15, 0.2) is 182 Å². The number of aromatic nitrogens is 5. The average molecular weight is 704 g/mol. The number of rotatable bonds is 5. The van der Waals surface area contributed by atoms with Crippen LogP contribution in [-0.2, 0) is 0 Å². The van der Waals surface area contributed by atoms with E-state index >= 15 is 0 Å². The topological polar surface area (TPSA) is 48.5 Å². The Balaban J connectivity index is 1.19. The van der Waals surface area contributed by atoms with Crippen LogP contribution in [0.25, 0.3) is 99.8 Å². The van der Waals surface area contributed by atoms with Crippen LogP contribution in [0, 0.1) is 6.92 Å². The van der Waals surface area contributed by atoms with Crippen LogP contribution in [0.4, 0.5) is 0 Å².